The Morgan fingerprint density at radius 2 is 2.03 bits per heavy atom. The molecule has 2 heterocycles. The van der Waals surface area contributed by atoms with Crippen molar-refractivity contribution in [3.05, 3.63) is 57.8 Å². The van der Waals surface area contributed by atoms with Crippen LogP contribution in [0, 0.1) is 12.8 Å². The third-order valence-corrected chi connectivity index (χ3v) is 6.52. The number of nitrogens with one attached hydrogen (secondary N) is 3. The van der Waals surface area contributed by atoms with Gasteiger partial charge in [0.1, 0.15) is 0 Å². The summed E-state index contributed by atoms with van der Waals surface area (Å²) in [5, 5.41) is 11.9. The van der Waals surface area contributed by atoms with Crippen LogP contribution in [0.15, 0.2) is 46.8 Å². The summed E-state index contributed by atoms with van der Waals surface area (Å²) < 4.78 is 0. The molecule has 1 aromatic heterocycles. The Hall–Kier alpha value is -2.38. The molecule has 1 aromatic carbocycles. The minimum absolute atomic E-state index is 0.0486. The number of nitrogens with zero attached hydrogens (tertiary/aromatic N) is 2. The van der Waals surface area contributed by atoms with Crippen LogP contribution < -0.4 is 16.0 Å². The van der Waals surface area contributed by atoms with E-state index in [1.54, 1.807) is 7.05 Å². The number of guanidine groups is 1. The van der Waals surface area contributed by atoms with Gasteiger partial charge >= 0.3 is 0 Å². The van der Waals surface area contributed by atoms with Gasteiger partial charge in [-0.3, -0.25) is 14.7 Å². The van der Waals surface area contributed by atoms with Crippen molar-refractivity contribution in [3.8, 4) is 0 Å². The van der Waals surface area contributed by atoms with Gasteiger partial charge in [-0.15, -0.1) is 11.3 Å². The zero-order valence-electron chi connectivity index (χ0n) is 18.1. The summed E-state index contributed by atoms with van der Waals surface area (Å²) >= 11 is 1.84. The number of rotatable bonds is 7. The SMILES string of the molecule is CN=C(NCCNC(=O)c1cccc(C)c1)NCC1CCCN(C)C1c1cccs1. The highest BCUT2D eigenvalue weighted by molar-refractivity contribution is 7.10. The largest absolute Gasteiger partial charge is 0.356 e. The minimum Gasteiger partial charge on any atom is -0.356 e. The van der Waals surface area contributed by atoms with E-state index in [2.05, 4.69) is 50.4 Å². The van der Waals surface area contributed by atoms with Crippen molar-refractivity contribution in [2.75, 3.05) is 40.3 Å². The van der Waals surface area contributed by atoms with E-state index in [1.165, 1.54) is 17.7 Å². The van der Waals surface area contributed by atoms with Gasteiger partial charge in [-0.25, -0.2) is 0 Å². The summed E-state index contributed by atoms with van der Waals surface area (Å²) in [5.74, 6) is 1.27. The molecule has 0 radical (unpaired) electrons. The Morgan fingerprint density at radius 1 is 1.20 bits per heavy atom. The monoisotopic (exact) mass is 427 g/mol. The summed E-state index contributed by atoms with van der Waals surface area (Å²) in [6.07, 6.45) is 2.44. The summed E-state index contributed by atoms with van der Waals surface area (Å²) in [6.45, 7) is 5.17. The van der Waals surface area contributed by atoms with Crippen LogP contribution in [0.3, 0.4) is 0 Å². The lowest BCUT2D eigenvalue weighted by Gasteiger charge is -2.39. The van der Waals surface area contributed by atoms with E-state index in [0.29, 0.717) is 30.6 Å². The first-order valence-electron chi connectivity index (χ1n) is 10.6. The first kappa shape index (κ1) is 22.3. The zero-order valence-corrected chi connectivity index (χ0v) is 19.0. The fourth-order valence-electron chi connectivity index (χ4n) is 4.08. The van der Waals surface area contributed by atoms with Crippen molar-refractivity contribution >= 4 is 23.2 Å². The quantitative estimate of drug-likeness (QED) is 0.361. The van der Waals surface area contributed by atoms with Crippen LogP contribution in [0.25, 0.3) is 0 Å². The highest BCUT2D eigenvalue weighted by Crippen LogP contribution is 2.36. The van der Waals surface area contributed by atoms with E-state index < -0.39 is 0 Å². The van der Waals surface area contributed by atoms with E-state index in [9.17, 15) is 4.79 Å². The number of carbonyl (C=O) groups is 1. The third kappa shape index (κ3) is 6.06. The lowest BCUT2D eigenvalue weighted by Crippen LogP contribution is -2.46. The molecule has 1 saturated heterocycles. The molecule has 2 unspecified atom stereocenters. The number of likely N-dealkylation sites (tertiary alicyclic amines) is 1. The maximum atomic E-state index is 12.2. The van der Waals surface area contributed by atoms with Crippen LogP contribution in [0.2, 0.25) is 0 Å². The Morgan fingerprint density at radius 3 is 2.77 bits per heavy atom. The Balaban J connectivity index is 1.43. The number of benzene rings is 1. The molecule has 2 atom stereocenters. The number of hydrogen-bond donors (Lipinski definition) is 3. The predicted octanol–water partition coefficient (Wildman–Crippen LogP) is 3.03. The number of hydrogen-bond acceptors (Lipinski definition) is 4. The Kier molecular flexibility index (Phi) is 8.28. The van der Waals surface area contributed by atoms with Gasteiger partial charge in [0.15, 0.2) is 5.96 Å². The van der Waals surface area contributed by atoms with Gasteiger partial charge in [0.05, 0.1) is 0 Å². The van der Waals surface area contributed by atoms with E-state index in [4.69, 9.17) is 0 Å². The second kappa shape index (κ2) is 11.1. The van der Waals surface area contributed by atoms with Gasteiger partial charge in [0.2, 0.25) is 0 Å². The van der Waals surface area contributed by atoms with Crippen molar-refractivity contribution in [1.29, 1.82) is 0 Å². The summed E-state index contributed by atoms with van der Waals surface area (Å²) in [5.41, 5.74) is 1.78. The molecule has 1 amide bonds. The smallest absolute Gasteiger partial charge is 0.251 e. The molecule has 162 valence electrons. The molecule has 0 spiro atoms. The second-order valence-electron chi connectivity index (χ2n) is 7.85. The first-order valence-corrected chi connectivity index (χ1v) is 11.5. The second-order valence-corrected chi connectivity index (χ2v) is 8.83. The summed E-state index contributed by atoms with van der Waals surface area (Å²) in [4.78, 5) is 20.5. The minimum atomic E-state index is -0.0486. The van der Waals surface area contributed by atoms with Crippen LogP contribution in [-0.2, 0) is 0 Å². The lowest BCUT2D eigenvalue weighted by atomic mass is 9.88. The Labute approximate surface area is 183 Å². The van der Waals surface area contributed by atoms with Crippen LogP contribution >= 0.6 is 11.3 Å². The standard InChI is InChI=1S/C23H33N5OS/c1-17-7-4-8-18(15-17)22(29)25-11-12-26-23(24-2)27-16-19-9-5-13-28(3)21(19)20-10-6-14-30-20/h4,6-8,10,14-15,19,21H,5,9,11-13,16H2,1-3H3,(H,25,29)(H2,24,26,27). The van der Waals surface area contributed by atoms with Crippen molar-refractivity contribution < 1.29 is 4.79 Å². The van der Waals surface area contributed by atoms with Crippen molar-refractivity contribution in [2.24, 2.45) is 10.9 Å². The van der Waals surface area contributed by atoms with E-state index >= 15 is 0 Å². The maximum absolute atomic E-state index is 12.2. The molecular formula is C23H33N5OS. The van der Waals surface area contributed by atoms with Crippen LogP contribution in [0.4, 0.5) is 0 Å². The fraction of sp³-hybridized carbons (Fsp3) is 0.478. The maximum Gasteiger partial charge on any atom is 0.251 e. The molecule has 3 rings (SSSR count). The predicted molar refractivity (Wildman–Crippen MR) is 125 cm³/mol. The molecule has 30 heavy (non-hydrogen) atoms. The van der Waals surface area contributed by atoms with Gasteiger partial charge < -0.3 is 16.0 Å². The normalized spacial score (nSPS) is 20.0. The topological polar surface area (TPSA) is 68.8 Å². The summed E-state index contributed by atoms with van der Waals surface area (Å²) in [7, 11) is 4.00. The van der Waals surface area contributed by atoms with Crippen molar-refractivity contribution in [1.82, 2.24) is 20.9 Å². The zero-order chi connectivity index (χ0) is 21.3. The van der Waals surface area contributed by atoms with Gasteiger partial charge in [-0.05, 0) is 62.9 Å². The number of aryl methyl sites for hydroxylation is 1. The highest BCUT2D eigenvalue weighted by Gasteiger charge is 2.31. The van der Waals surface area contributed by atoms with Gasteiger partial charge in [0, 0.05) is 43.2 Å². The first-order chi connectivity index (χ1) is 14.6. The van der Waals surface area contributed by atoms with E-state index in [-0.39, 0.29) is 5.91 Å². The molecule has 0 saturated carbocycles. The van der Waals surface area contributed by atoms with E-state index in [1.807, 2.05) is 42.5 Å². The van der Waals surface area contributed by atoms with Gasteiger partial charge in [-0.2, -0.15) is 0 Å². The molecule has 2 aromatic rings. The van der Waals surface area contributed by atoms with E-state index in [0.717, 1.165) is 24.6 Å². The molecule has 1 aliphatic rings. The number of aliphatic imine (C=N–C) groups is 1. The number of piperidine rings is 1. The van der Waals surface area contributed by atoms with Gasteiger partial charge in [-0.1, -0.05) is 23.8 Å². The molecule has 0 aliphatic carbocycles. The van der Waals surface area contributed by atoms with Crippen LogP contribution in [-0.4, -0.2) is 57.0 Å². The lowest BCUT2D eigenvalue weighted by molar-refractivity contribution is 0.0954. The number of carbonyl (C=O) groups excluding carboxylic acids is 1. The molecular weight excluding hydrogens is 394 g/mol. The third-order valence-electron chi connectivity index (χ3n) is 5.58. The molecule has 0 bridgehead atoms. The molecule has 1 fully saturated rings. The Bertz CT molecular complexity index is 836. The average Bonchev–Trinajstić information content (AvgIpc) is 3.27. The molecule has 1 aliphatic heterocycles. The van der Waals surface area contributed by atoms with Crippen molar-refractivity contribution in [3.63, 3.8) is 0 Å². The van der Waals surface area contributed by atoms with Gasteiger partial charge in [0.25, 0.3) is 5.91 Å². The highest BCUT2D eigenvalue weighted by atomic mass is 32.1. The van der Waals surface area contributed by atoms with Crippen molar-refractivity contribution in [2.45, 2.75) is 25.8 Å². The van der Waals surface area contributed by atoms with Crippen LogP contribution in [0.1, 0.15) is 39.7 Å². The molecule has 7 heteroatoms. The molecule has 3 N–H and O–H groups in total. The average molecular weight is 428 g/mol. The van der Waals surface area contributed by atoms with Crippen LogP contribution in [0.5, 0.6) is 0 Å². The molecule has 6 nitrogen and oxygen atoms in total. The fourth-order valence-corrected chi connectivity index (χ4v) is 5.06. The summed E-state index contributed by atoms with van der Waals surface area (Å²) in [6, 6.07) is 12.5. The number of amides is 1. The number of thiophene rings is 1.